The van der Waals surface area contributed by atoms with Crippen LogP contribution in [0.25, 0.3) is 0 Å². The molecule has 0 aromatic heterocycles. The van der Waals surface area contributed by atoms with Crippen molar-refractivity contribution in [3.63, 3.8) is 0 Å². The third-order valence-corrected chi connectivity index (χ3v) is 3.18. The van der Waals surface area contributed by atoms with Gasteiger partial charge in [0.2, 0.25) is 5.91 Å². The van der Waals surface area contributed by atoms with Crippen LogP contribution in [0, 0.1) is 5.92 Å². The van der Waals surface area contributed by atoms with Gasteiger partial charge in [-0.2, -0.15) is 0 Å². The second-order valence-corrected chi connectivity index (χ2v) is 4.91. The number of carboxylic acids is 1. The number of rotatable bonds is 6. The van der Waals surface area contributed by atoms with Gasteiger partial charge in [-0.3, -0.25) is 9.59 Å². The molecule has 1 aliphatic rings. The highest BCUT2D eigenvalue weighted by atomic mass is 16.4. The quantitative estimate of drug-likeness (QED) is 0.719. The lowest BCUT2D eigenvalue weighted by atomic mass is 10.0. The average molecular weight is 242 g/mol. The number of carbonyl (C=O) groups excluding carboxylic acids is 1. The number of aliphatic carboxylic acids is 1. The summed E-state index contributed by atoms with van der Waals surface area (Å²) in [7, 11) is 0. The first-order valence-corrected chi connectivity index (χ1v) is 6.22. The largest absolute Gasteiger partial charge is 0.480 e. The third kappa shape index (κ3) is 4.73. The minimum atomic E-state index is -0.949. The van der Waals surface area contributed by atoms with Gasteiger partial charge in [0.05, 0.1) is 0 Å². The zero-order valence-corrected chi connectivity index (χ0v) is 10.6. The van der Waals surface area contributed by atoms with E-state index in [0.29, 0.717) is 12.3 Å². The Labute approximate surface area is 102 Å². The molecule has 1 fully saturated rings. The van der Waals surface area contributed by atoms with Crippen LogP contribution in [0.5, 0.6) is 0 Å². The summed E-state index contributed by atoms with van der Waals surface area (Å²) in [5, 5.41) is 12.0. The van der Waals surface area contributed by atoms with E-state index in [1.807, 2.05) is 13.8 Å². The molecule has 0 aliphatic carbocycles. The lowest BCUT2D eigenvalue weighted by molar-refractivity contribution is -0.145. The summed E-state index contributed by atoms with van der Waals surface area (Å²) in [5.41, 5.74) is 0. The van der Waals surface area contributed by atoms with Crippen molar-refractivity contribution in [2.45, 2.75) is 39.2 Å². The molecule has 17 heavy (non-hydrogen) atoms. The van der Waals surface area contributed by atoms with E-state index in [4.69, 9.17) is 5.11 Å². The van der Waals surface area contributed by atoms with Crippen molar-refractivity contribution in [1.29, 1.82) is 0 Å². The number of hydrogen-bond acceptors (Lipinski definition) is 3. The molecular formula is C12H22N2O3. The molecule has 2 N–H and O–H groups in total. The van der Waals surface area contributed by atoms with Gasteiger partial charge in [0, 0.05) is 12.5 Å². The van der Waals surface area contributed by atoms with E-state index in [9.17, 15) is 9.59 Å². The zero-order chi connectivity index (χ0) is 12.8. The van der Waals surface area contributed by atoms with Crippen LogP contribution in [0.2, 0.25) is 0 Å². The third-order valence-electron chi connectivity index (χ3n) is 3.18. The molecule has 0 saturated carbocycles. The molecule has 1 atom stereocenters. The zero-order valence-electron chi connectivity index (χ0n) is 10.6. The van der Waals surface area contributed by atoms with Crippen LogP contribution in [0.4, 0.5) is 0 Å². The Morgan fingerprint density at radius 1 is 1.47 bits per heavy atom. The van der Waals surface area contributed by atoms with Gasteiger partial charge in [-0.15, -0.1) is 0 Å². The molecule has 5 heteroatoms. The Hall–Kier alpha value is -1.10. The topological polar surface area (TPSA) is 69.6 Å². The molecule has 5 nitrogen and oxygen atoms in total. The fourth-order valence-corrected chi connectivity index (χ4v) is 2.14. The van der Waals surface area contributed by atoms with Gasteiger partial charge in [0.25, 0.3) is 0 Å². The molecule has 0 aromatic rings. The molecule has 0 spiro atoms. The number of amides is 1. The Balaban J connectivity index is 2.38. The summed E-state index contributed by atoms with van der Waals surface area (Å²) in [6.07, 6.45) is 2.43. The van der Waals surface area contributed by atoms with Crippen molar-refractivity contribution in [3.05, 3.63) is 0 Å². The fraction of sp³-hybridized carbons (Fsp3) is 0.833. The summed E-state index contributed by atoms with van der Waals surface area (Å²) in [5.74, 6) is -0.429. The standard InChI is InChI=1S/C12H22N2O3/c1-9(2)14(8-12(16)17)11(15)4-3-10-5-6-13-7-10/h9-10,13H,3-8H2,1-2H3,(H,16,17). The Morgan fingerprint density at radius 2 is 2.18 bits per heavy atom. The Morgan fingerprint density at radius 3 is 2.65 bits per heavy atom. The van der Waals surface area contributed by atoms with Crippen molar-refractivity contribution in [3.8, 4) is 0 Å². The summed E-state index contributed by atoms with van der Waals surface area (Å²) in [4.78, 5) is 24.0. The monoisotopic (exact) mass is 242 g/mol. The van der Waals surface area contributed by atoms with Crippen LogP contribution in [-0.2, 0) is 9.59 Å². The van der Waals surface area contributed by atoms with Gasteiger partial charge in [-0.25, -0.2) is 0 Å². The van der Waals surface area contributed by atoms with Crippen LogP contribution in [0.3, 0.4) is 0 Å². The minimum Gasteiger partial charge on any atom is -0.480 e. The number of hydrogen-bond donors (Lipinski definition) is 2. The minimum absolute atomic E-state index is 0.0469. The lowest BCUT2D eigenvalue weighted by Crippen LogP contribution is -2.40. The predicted molar refractivity (Wildman–Crippen MR) is 64.7 cm³/mol. The first-order valence-electron chi connectivity index (χ1n) is 6.22. The van der Waals surface area contributed by atoms with Crippen LogP contribution in [0.15, 0.2) is 0 Å². The maximum atomic E-state index is 11.9. The van der Waals surface area contributed by atoms with Crippen molar-refractivity contribution < 1.29 is 14.7 Å². The predicted octanol–water partition coefficient (Wildman–Crippen LogP) is 0.698. The van der Waals surface area contributed by atoms with E-state index in [1.165, 1.54) is 4.90 Å². The summed E-state index contributed by atoms with van der Waals surface area (Å²) < 4.78 is 0. The van der Waals surface area contributed by atoms with E-state index in [2.05, 4.69) is 5.32 Å². The second kappa shape index (κ2) is 6.59. The molecule has 1 rings (SSSR count). The number of carboxylic acid groups (broad SMARTS) is 1. The summed E-state index contributed by atoms with van der Waals surface area (Å²) >= 11 is 0. The van der Waals surface area contributed by atoms with E-state index in [-0.39, 0.29) is 18.5 Å². The normalized spacial score (nSPS) is 19.6. The molecule has 0 aromatic carbocycles. The highest BCUT2D eigenvalue weighted by Gasteiger charge is 2.22. The van der Waals surface area contributed by atoms with Crippen molar-refractivity contribution in [1.82, 2.24) is 10.2 Å². The first kappa shape index (κ1) is 14.0. The maximum absolute atomic E-state index is 11.9. The maximum Gasteiger partial charge on any atom is 0.323 e. The van der Waals surface area contributed by atoms with E-state index < -0.39 is 5.97 Å². The molecule has 1 aliphatic heterocycles. The molecular weight excluding hydrogens is 220 g/mol. The molecule has 0 bridgehead atoms. The van der Waals surface area contributed by atoms with Crippen LogP contribution in [-0.4, -0.2) is 47.6 Å². The highest BCUT2D eigenvalue weighted by Crippen LogP contribution is 2.15. The molecule has 1 unspecified atom stereocenters. The van der Waals surface area contributed by atoms with E-state index in [0.717, 1.165) is 25.9 Å². The Bertz CT molecular complexity index is 273. The van der Waals surface area contributed by atoms with Gasteiger partial charge < -0.3 is 15.3 Å². The average Bonchev–Trinajstić information content (AvgIpc) is 2.74. The SMILES string of the molecule is CC(C)N(CC(=O)O)C(=O)CCC1CCNC1. The molecule has 0 radical (unpaired) electrons. The van der Waals surface area contributed by atoms with Crippen molar-refractivity contribution in [2.24, 2.45) is 5.92 Å². The van der Waals surface area contributed by atoms with E-state index >= 15 is 0 Å². The van der Waals surface area contributed by atoms with E-state index in [1.54, 1.807) is 0 Å². The van der Waals surface area contributed by atoms with Gasteiger partial charge in [-0.05, 0) is 45.7 Å². The highest BCUT2D eigenvalue weighted by molar-refractivity contribution is 5.81. The lowest BCUT2D eigenvalue weighted by Gasteiger charge is -2.25. The van der Waals surface area contributed by atoms with Gasteiger partial charge in [0.1, 0.15) is 6.54 Å². The summed E-state index contributed by atoms with van der Waals surface area (Å²) in [6, 6.07) is -0.0553. The van der Waals surface area contributed by atoms with Crippen molar-refractivity contribution in [2.75, 3.05) is 19.6 Å². The van der Waals surface area contributed by atoms with Crippen LogP contribution >= 0.6 is 0 Å². The molecule has 1 saturated heterocycles. The van der Waals surface area contributed by atoms with Crippen molar-refractivity contribution >= 4 is 11.9 Å². The fourth-order valence-electron chi connectivity index (χ4n) is 2.14. The van der Waals surface area contributed by atoms with Crippen LogP contribution in [0.1, 0.15) is 33.1 Å². The molecule has 98 valence electrons. The molecule has 1 heterocycles. The second-order valence-electron chi connectivity index (χ2n) is 4.91. The number of nitrogens with zero attached hydrogens (tertiary/aromatic N) is 1. The van der Waals surface area contributed by atoms with Gasteiger partial charge in [0.15, 0.2) is 0 Å². The van der Waals surface area contributed by atoms with Gasteiger partial charge >= 0.3 is 5.97 Å². The Kier molecular flexibility index (Phi) is 5.41. The van der Waals surface area contributed by atoms with Gasteiger partial charge in [-0.1, -0.05) is 0 Å². The smallest absolute Gasteiger partial charge is 0.323 e. The summed E-state index contributed by atoms with van der Waals surface area (Å²) in [6.45, 7) is 5.51. The number of nitrogens with one attached hydrogen (secondary N) is 1. The van der Waals surface area contributed by atoms with Crippen LogP contribution < -0.4 is 5.32 Å². The first-order chi connectivity index (χ1) is 8.00. The molecule has 1 amide bonds. The number of carbonyl (C=O) groups is 2.